The Morgan fingerprint density at radius 2 is 1.95 bits per heavy atom. The molecule has 1 amide bonds. The number of hydrogen-bond acceptors (Lipinski definition) is 3. The molecule has 0 spiro atoms. The summed E-state index contributed by atoms with van der Waals surface area (Å²) < 4.78 is 0. The van der Waals surface area contributed by atoms with Crippen LogP contribution in [0.5, 0.6) is 0 Å². The fourth-order valence-corrected chi connectivity index (χ4v) is 3.85. The molecule has 124 valence electrons. The van der Waals surface area contributed by atoms with Gasteiger partial charge in [0.1, 0.15) is 0 Å². The minimum atomic E-state index is -0.419. The Kier molecular flexibility index (Phi) is 7.99. The van der Waals surface area contributed by atoms with Crippen molar-refractivity contribution in [3.8, 4) is 0 Å². The summed E-state index contributed by atoms with van der Waals surface area (Å²) in [4.78, 5) is 12.2. The molecule has 0 aromatic rings. The van der Waals surface area contributed by atoms with Gasteiger partial charge >= 0.3 is 0 Å². The van der Waals surface area contributed by atoms with Crippen molar-refractivity contribution in [3.05, 3.63) is 0 Å². The van der Waals surface area contributed by atoms with Crippen LogP contribution in [0.25, 0.3) is 0 Å². The lowest BCUT2D eigenvalue weighted by Crippen LogP contribution is -2.46. The van der Waals surface area contributed by atoms with Crippen LogP contribution in [0.4, 0.5) is 0 Å². The van der Waals surface area contributed by atoms with Crippen LogP contribution in [0.3, 0.4) is 0 Å². The van der Waals surface area contributed by atoms with Crippen LogP contribution < -0.4 is 10.6 Å². The van der Waals surface area contributed by atoms with E-state index in [0.717, 1.165) is 19.3 Å². The zero-order chi connectivity index (χ0) is 14.5. The van der Waals surface area contributed by atoms with Crippen LogP contribution in [0, 0.1) is 11.8 Å². The van der Waals surface area contributed by atoms with Crippen LogP contribution in [-0.4, -0.2) is 35.7 Å². The standard InChI is InChI=1S/C16H30N2O2.ClH/c1-3-11(4-2)15(19)10-17-16(20)14-9-12-7-5-6-8-13(12)18-14;/h11-15,18-19H,3-10H2,1-2H3,(H,17,20);1H. The van der Waals surface area contributed by atoms with Crippen LogP contribution in [0.1, 0.15) is 58.8 Å². The highest BCUT2D eigenvalue weighted by Gasteiger charge is 2.38. The smallest absolute Gasteiger partial charge is 0.237 e. The van der Waals surface area contributed by atoms with Crippen molar-refractivity contribution in [2.24, 2.45) is 11.8 Å². The Bertz CT molecular complexity index is 309. The van der Waals surface area contributed by atoms with Crippen LogP contribution in [0.2, 0.25) is 0 Å². The number of amides is 1. The lowest BCUT2D eigenvalue weighted by atomic mass is 9.85. The third-order valence-electron chi connectivity index (χ3n) is 5.26. The van der Waals surface area contributed by atoms with Gasteiger partial charge in [-0.2, -0.15) is 0 Å². The fourth-order valence-electron chi connectivity index (χ4n) is 3.85. The van der Waals surface area contributed by atoms with E-state index in [1.54, 1.807) is 0 Å². The summed E-state index contributed by atoms with van der Waals surface area (Å²) in [5, 5.41) is 16.5. The molecule has 3 N–H and O–H groups in total. The molecular weight excluding hydrogens is 288 g/mol. The number of rotatable bonds is 6. The summed E-state index contributed by atoms with van der Waals surface area (Å²) in [7, 11) is 0. The van der Waals surface area contributed by atoms with Crippen molar-refractivity contribution < 1.29 is 9.90 Å². The highest BCUT2D eigenvalue weighted by Crippen LogP contribution is 2.33. The second-order valence-corrected chi connectivity index (χ2v) is 6.50. The molecule has 1 aliphatic heterocycles. The molecule has 1 saturated carbocycles. The van der Waals surface area contributed by atoms with Gasteiger partial charge in [-0.1, -0.05) is 39.5 Å². The minimum absolute atomic E-state index is 0. The summed E-state index contributed by atoms with van der Waals surface area (Å²) in [5.74, 6) is 1.04. The maximum Gasteiger partial charge on any atom is 0.237 e. The second kappa shape index (κ2) is 8.96. The summed E-state index contributed by atoms with van der Waals surface area (Å²) in [6, 6.07) is 0.500. The van der Waals surface area contributed by atoms with Crippen LogP contribution in [0.15, 0.2) is 0 Å². The predicted molar refractivity (Wildman–Crippen MR) is 87.6 cm³/mol. The van der Waals surface area contributed by atoms with E-state index < -0.39 is 6.10 Å². The molecule has 0 aromatic carbocycles. The topological polar surface area (TPSA) is 61.4 Å². The Balaban J connectivity index is 0.00000220. The molecule has 1 saturated heterocycles. The first-order chi connectivity index (χ1) is 9.65. The highest BCUT2D eigenvalue weighted by atomic mass is 35.5. The molecule has 4 atom stereocenters. The van der Waals surface area contributed by atoms with Gasteiger partial charge in [0.05, 0.1) is 12.1 Å². The molecule has 0 radical (unpaired) electrons. The Labute approximate surface area is 134 Å². The minimum Gasteiger partial charge on any atom is -0.391 e. The predicted octanol–water partition coefficient (Wildman–Crippen LogP) is 2.24. The van der Waals surface area contributed by atoms with Crippen molar-refractivity contribution in [1.29, 1.82) is 0 Å². The Hall–Kier alpha value is -0.320. The normalized spacial score (nSPS) is 29.6. The highest BCUT2D eigenvalue weighted by molar-refractivity contribution is 5.85. The zero-order valence-corrected chi connectivity index (χ0v) is 14.1. The molecule has 4 nitrogen and oxygen atoms in total. The van der Waals surface area contributed by atoms with E-state index in [4.69, 9.17) is 0 Å². The van der Waals surface area contributed by atoms with Gasteiger partial charge in [0, 0.05) is 12.6 Å². The zero-order valence-electron chi connectivity index (χ0n) is 13.3. The van der Waals surface area contributed by atoms with E-state index in [1.807, 2.05) is 0 Å². The number of aliphatic hydroxyl groups excluding tert-OH is 1. The van der Waals surface area contributed by atoms with Crippen LogP contribution >= 0.6 is 12.4 Å². The van der Waals surface area contributed by atoms with Gasteiger partial charge in [-0.25, -0.2) is 0 Å². The maximum atomic E-state index is 12.2. The van der Waals surface area contributed by atoms with Gasteiger partial charge in [0.2, 0.25) is 5.91 Å². The molecular formula is C16H31ClN2O2. The Morgan fingerprint density at radius 3 is 2.57 bits per heavy atom. The van der Waals surface area contributed by atoms with Crippen molar-refractivity contribution in [3.63, 3.8) is 0 Å². The quantitative estimate of drug-likeness (QED) is 0.704. The van der Waals surface area contributed by atoms with Gasteiger partial charge in [-0.3, -0.25) is 4.79 Å². The van der Waals surface area contributed by atoms with Gasteiger partial charge in [0.15, 0.2) is 0 Å². The van der Waals surface area contributed by atoms with E-state index in [2.05, 4.69) is 24.5 Å². The van der Waals surface area contributed by atoms with Crippen molar-refractivity contribution in [2.75, 3.05) is 6.54 Å². The SMILES string of the molecule is CCC(CC)C(O)CNC(=O)C1CC2CCCCC2N1.Cl. The van der Waals surface area contributed by atoms with E-state index in [1.165, 1.54) is 25.7 Å². The lowest BCUT2D eigenvalue weighted by molar-refractivity contribution is -0.123. The number of halogens is 1. The van der Waals surface area contributed by atoms with Gasteiger partial charge in [-0.15, -0.1) is 12.4 Å². The van der Waals surface area contributed by atoms with Crippen LogP contribution in [-0.2, 0) is 4.79 Å². The molecule has 4 unspecified atom stereocenters. The number of carbonyl (C=O) groups is 1. The molecule has 0 bridgehead atoms. The lowest BCUT2D eigenvalue weighted by Gasteiger charge is -2.24. The molecule has 5 heteroatoms. The number of hydrogen-bond donors (Lipinski definition) is 3. The first-order valence-corrected chi connectivity index (χ1v) is 8.37. The molecule has 1 heterocycles. The molecule has 2 aliphatic rings. The molecule has 2 rings (SSSR count). The molecule has 21 heavy (non-hydrogen) atoms. The first-order valence-electron chi connectivity index (χ1n) is 8.37. The van der Waals surface area contributed by atoms with E-state index >= 15 is 0 Å². The van der Waals surface area contributed by atoms with E-state index in [-0.39, 0.29) is 30.3 Å². The summed E-state index contributed by atoms with van der Waals surface area (Å²) in [5.41, 5.74) is 0. The van der Waals surface area contributed by atoms with Crippen molar-refractivity contribution in [2.45, 2.75) is 77.0 Å². The van der Waals surface area contributed by atoms with Crippen molar-refractivity contribution in [1.82, 2.24) is 10.6 Å². The monoisotopic (exact) mass is 318 g/mol. The van der Waals surface area contributed by atoms with Crippen molar-refractivity contribution >= 4 is 18.3 Å². The van der Waals surface area contributed by atoms with E-state index in [0.29, 0.717) is 18.5 Å². The number of carbonyl (C=O) groups excluding carboxylic acids is 1. The average Bonchev–Trinajstić information content (AvgIpc) is 2.90. The molecule has 1 aliphatic carbocycles. The largest absolute Gasteiger partial charge is 0.391 e. The molecule has 2 fully saturated rings. The number of aliphatic hydroxyl groups is 1. The third-order valence-corrected chi connectivity index (χ3v) is 5.26. The fraction of sp³-hybridized carbons (Fsp3) is 0.938. The Morgan fingerprint density at radius 1 is 1.29 bits per heavy atom. The van der Waals surface area contributed by atoms with Gasteiger partial charge in [0.25, 0.3) is 0 Å². The summed E-state index contributed by atoms with van der Waals surface area (Å²) >= 11 is 0. The second-order valence-electron chi connectivity index (χ2n) is 6.50. The third kappa shape index (κ3) is 4.83. The van der Waals surface area contributed by atoms with Gasteiger partial charge in [-0.05, 0) is 31.1 Å². The van der Waals surface area contributed by atoms with Gasteiger partial charge < -0.3 is 15.7 Å². The average molecular weight is 319 g/mol. The van der Waals surface area contributed by atoms with E-state index in [9.17, 15) is 9.90 Å². The number of nitrogens with one attached hydrogen (secondary N) is 2. The molecule has 0 aromatic heterocycles. The summed E-state index contributed by atoms with van der Waals surface area (Å²) in [6.45, 7) is 4.56. The number of fused-ring (bicyclic) bond motifs is 1. The summed E-state index contributed by atoms with van der Waals surface area (Å²) in [6.07, 6.45) is 7.54. The first kappa shape index (κ1) is 18.7. The maximum absolute atomic E-state index is 12.2.